The molecular formula is C62H110O4. The third-order valence-corrected chi connectivity index (χ3v) is 13.1. The normalized spacial score (nSPS) is 11.8. The van der Waals surface area contributed by atoms with Crippen molar-refractivity contribution in [3.8, 4) is 11.5 Å². The molecule has 0 saturated carbocycles. The average Bonchev–Trinajstić information content (AvgIpc) is 3.32. The Kier molecular flexibility index (Phi) is 48.4. The van der Waals surface area contributed by atoms with Crippen LogP contribution in [0, 0.1) is 0 Å². The van der Waals surface area contributed by atoms with E-state index in [4.69, 9.17) is 14.2 Å². The largest absolute Gasteiger partial charge is 0.490 e. The number of carbonyl (C=O) groups is 1. The lowest BCUT2D eigenvalue weighted by atomic mass is 10.1. The molecule has 0 heterocycles. The summed E-state index contributed by atoms with van der Waals surface area (Å²) >= 11 is 0. The molecule has 1 aromatic rings. The third kappa shape index (κ3) is 44.0. The fraction of sp³-hybridized carbons (Fsp3) is 0.790. The van der Waals surface area contributed by atoms with Gasteiger partial charge in [-0.2, -0.15) is 0 Å². The van der Waals surface area contributed by atoms with E-state index in [2.05, 4.69) is 75.4 Å². The van der Waals surface area contributed by atoms with Crippen molar-refractivity contribution in [1.82, 2.24) is 0 Å². The molecule has 0 aliphatic heterocycles. The molecule has 0 bridgehead atoms. The molecule has 0 unspecified atom stereocenters. The molecule has 4 nitrogen and oxygen atoms in total. The number of allylic oxidation sites excluding steroid dienone is 6. The summed E-state index contributed by atoms with van der Waals surface area (Å²) in [6, 6.07) is 6.31. The molecule has 0 aliphatic rings. The summed E-state index contributed by atoms with van der Waals surface area (Å²) in [4.78, 5) is 12.5. The molecule has 382 valence electrons. The zero-order chi connectivity index (χ0) is 47.3. The first-order chi connectivity index (χ1) is 32.7. The number of carbonyl (C=O) groups excluding carboxylic acids is 1. The number of hydrogen-bond acceptors (Lipinski definition) is 4. The van der Waals surface area contributed by atoms with Gasteiger partial charge in [0.25, 0.3) is 0 Å². The van der Waals surface area contributed by atoms with Gasteiger partial charge < -0.3 is 14.2 Å². The minimum absolute atomic E-state index is 0.0698. The maximum Gasteiger partial charge on any atom is 0.305 e. The Balaban J connectivity index is 2.34. The van der Waals surface area contributed by atoms with Crippen molar-refractivity contribution in [3.63, 3.8) is 0 Å². The highest BCUT2D eigenvalue weighted by atomic mass is 16.5. The molecule has 0 atom stereocenters. The van der Waals surface area contributed by atoms with Gasteiger partial charge in [-0.15, -0.1) is 0 Å². The van der Waals surface area contributed by atoms with E-state index in [0.717, 1.165) is 49.4 Å². The number of benzene rings is 1. The number of rotatable bonds is 52. The van der Waals surface area contributed by atoms with Gasteiger partial charge in [0, 0.05) is 12.8 Å². The molecule has 0 fully saturated rings. The Hall–Kier alpha value is -2.49. The summed E-state index contributed by atoms with van der Waals surface area (Å²) in [5.41, 5.74) is 1.13. The van der Waals surface area contributed by atoms with Crippen molar-refractivity contribution in [2.45, 2.75) is 297 Å². The van der Waals surface area contributed by atoms with E-state index in [0.29, 0.717) is 26.1 Å². The first kappa shape index (κ1) is 61.5. The van der Waals surface area contributed by atoms with Crippen LogP contribution < -0.4 is 9.47 Å². The maximum atomic E-state index is 12.5. The fourth-order valence-corrected chi connectivity index (χ4v) is 8.70. The molecule has 66 heavy (non-hydrogen) atoms. The first-order valence-electron chi connectivity index (χ1n) is 29.2. The van der Waals surface area contributed by atoms with Crippen LogP contribution in [0.3, 0.4) is 0 Å². The highest BCUT2D eigenvalue weighted by Crippen LogP contribution is 2.30. The van der Waals surface area contributed by atoms with Crippen LogP contribution in [-0.2, 0) is 16.0 Å². The van der Waals surface area contributed by atoms with Crippen LogP contribution in [0.25, 0.3) is 0 Å². The van der Waals surface area contributed by atoms with E-state index in [1.165, 1.54) is 238 Å². The quantitative estimate of drug-likeness (QED) is 0.0371. The van der Waals surface area contributed by atoms with Gasteiger partial charge in [-0.1, -0.05) is 230 Å². The van der Waals surface area contributed by atoms with E-state index in [9.17, 15) is 4.79 Å². The van der Waals surface area contributed by atoms with Gasteiger partial charge in [-0.25, -0.2) is 0 Å². The molecule has 0 spiro atoms. The lowest BCUT2D eigenvalue weighted by molar-refractivity contribution is -0.143. The zero-order valence-corrected chi connectivity index (χ0v) is 44.4. The topological polar surface area (TPSA) is 44.8 Å². The molecule has 0 saturated heterocycles. The van der Waals surface area contributed by atoms with E-state index >= 15 is 0 Å². The summed E-state index contributed by atoms with van der Waals surface area (Å²) in [5, 5.41) is 0. The van der Waals surface area contributed by atoms with Gasteiger partial charge in [0.1, 0.15) is 0 Å². The van der Waals surface area contributed by atoms with Gasteiger partial charge in [0.2, 0.25) is 0 Å². The molecule has 4 heteroatoms. The smallest absolute Gasteiger partial charge is 0.305 e. The summed E-state index contributed by atoms with van der Waals surface area (Å²) in [5.74, 6) is 1.61. The van der Waals surface area contributed by atoms with Crippen molar-refractivity contribution in [3.05, 3.63) is 60.2 Å². The van der Waals surface area contributed by atoms with Gasteiger partial charge in [-0.3, -0.25) is 4.79 Å². The van der Waals surface area contributed by atoms with E-state index in [-0.39, 0.29) is 5.97 Å². The third-order valence-electron chi connectivity index (χ3n) is 13.1. The lowest BCUT2D eigenvalue weighted by Crippen LogP contribution is -2.08. The second kappa shape index (κ2) is 51.9. The van der Waals surface area contributed by atoms with Gasteiger partial charge in [0.05, 0.1) is 19.8 Å². The van der Waals surface area contributed by atoms with Crippen LogP contribution >= 0.6 is 0 Å². The SMILES string of the molecule is CCCCCCCCC=CCCCCCCCCOc1ccc(CCOC(=O)CCCCCCCC=CCCCCCCCC)cc1OCCCCCCCCC=CCCCCCCCC. The summed E-state index contributed by atoms with van der Waals surface area (Å²) in [6.45, 7) is 8.69. The van der Waals surface area contributed by atoms with Crippen molar-refractivity contribution in [2.24, 2.45) is 0 Å². The second-order valence-corrected chi connectivity index (χ2v) is 19.7. The molecular weight excluding hydrogens is 809 g/mol. The molecule has 0 aliphatic carbocycles. The van der Waals surface area contributed by atoms with Gasteiger partial charge >= 0.3 is 5.97 Å². The van der Waals surface area contributed by atoms with E-state index < -0.39 is 0 Å². The minimum Gasteiger partial charge on any atom is -0.490 e. The summed E-state index contributed by atoms with van der Waals surface area (Å²) in [6.07, 6.45) is 68.5. The minimum atomic E-state index is -0.0698. The van der Waals surface area contributed by atoms with Crippen LogP contribution in [0.2, 0.25) is 0 Å². The van der Waals surface area contributed by atoms with Crippen molar-refractivity contribution < 1.29 is 19.0 Å². The number of ether oxygens (including phenoxy) is 3. The Morgan fingerprint density at radius 2 is 0.682 bits per heavy atom. The molecule has 0 aromatic heterocycles. The first-order valence-corrected chi connectivity index (χ1v) is 29.2. The monoisotopic (exact) mass is 919 g/mol. The Morgan fingerprint density at radius 3 is 1.06 bits per heavy atom. The Labute approximate surface area is 411 Å². The maximum absolute atomic E-state index is 12.5. The summed E-state index contributed by atoms with van der Waals surface area (Å²) in [7, 11) is 0. The standard InChI is InChI=1S/C62H110O4/c1-4-7-10-13-16-19-22-25-28-31-34-37-40-43-46-49-55-64-60-53-52-59(54-57-66-62(63)51-48-45-42-39-36-33-30-27-24-21-18-15-12-9-6-3)58-61(60)65-56-50-47-44-41-38-35-32-29-26-23-20-17-14-11-8-5-2/h25-30,52-53,58H,4-24,31-51,54-57H2,1-3H3. The predicted molar refractivity (Wildman–Crippen MR) is 290 cm³/mol. The Morgan fingerprint density at radius 1 is 0.364 bits per heavy atom. The lowest BCUT2D eigenvalue weighted by Gasteiger charge is -2.15. The molecule has 1 rings (SSSR count). The van der Waals surface area contributed by atoms with Crippen molar-refractivity contribution in [1.29, 1.82) is 0 Å². The number of esters is 1. The highest BCUT2D eigenvalue weighted by Gasteiger charge is 2.10. The van der Waals surface area contributed by atoms with Gasteiger partial charge in [0.15, 0.2) is 11.5 Å². The average molecular weight is 920 g/mol. The summed E-state index contributed by atoms with van der Waals surface area (Å²) < 4.78 is 18.4. The molecule has 0 radical (unpaired) electrons. The fourth-order valence-electron chi connectivity index (χ4n) is 8.70. The van der Waals surface area contributed by atoms with Crippen LogP contribution in [0.5, 0.6) is 11.5 Å². The van der Waals surface area contributed by atoms with E-state index in [1.54, 1.807) is 0 Å². The highest BCUT2D eigenvalue weighted by molar-refractivity contribution is 5.69. The van der Waals surface area contributed by atoms with Crippen molar-refractivity contribution >= 4 is 5.97 Å². The second-order valence-electron chi connectivity index (χ2n) is 19.7. The van der Waals surface area contributed by atoms with Crippen LogP contribution in [-0.4, -0.2) is 25.8 Å². The number of hydrogen-bond donors (Lipinski definition) is 0. The van der Waals surface area contributed by atoms with Crippen molar-refractivity contribution in [2.75, 3.05) is 19.8 Å². The van der Waals surface area contributed by atoms with Crippen LogP contribution in [0.15, 0.2) is 54.7 Å². The van der Waals surface area contributed by atoms with Crippen LogP contribution in [0.1, 0.15) is 296 Å². The van der Waals surface area contributed by atoms with Gasteiger partial charge in [-0.05, 0) is 114 Å². The zero-order valence-electron chi connectivity index (χ0n) is 44.4. The molecule has 0 N–H and O–H groups in total. The van der Waals surface area contributed by atoms with E-state index in [1.807, 2.05) is 0 Å². The Bertz CT molecular complexity index is 1230. The molecule has 0 amide bonds. The predicted octanol–water partition coefficient (Wildman–Crippen LogP) is 20.6. The number of unbranched alkanes of at least 4 members (excludes halogenated alkanes) is 35. The molecule has 1 aromatic carbocycles. The van der Waals surface area contributed by atoms with Crippen LogP contribution in [0.4, 0.5) is 0 Å².